The summed E-state index contributed by atoms with van der Waals surface area (Å²) in [4.78, 5) is 54.0. The van der Waals surface area contributed by atoms with Crippen molar-refractivity contribution in [2.24, 2.45) is 0 Å². The standard InChI is InChI=1S/C27H30FN8O11PS/c28-16-19-14(45-25(16)35-6-12-2-1-3-29-21-15(12)22(35)31-9-30-21)7-42-27(40)46-20-18(38)13(8-43-48(41,49)47-19)44-26(20)36-11-32-17-23(36)33-10-34(4-5-37)24(17)39/h6,9-11,13-14,16,18-20,25-26,37-38H,1-5,7-8H2,(H,41,49)(H,29,30,31)/t13-,14-,16-,18-,19-,20-,25-,26-,48?/m1/s1. The highest BCUT2D eigenvalue weighted by Gasteiger charge is 2.53. The highest BCUT2D eigenvalue weighted by molar-refractivity contribution is 8.07. The van der Waals surface area contributed by atoms with Gasteiger partial charge >= 0.3 is 12.9 Å². The maximum absolute atomic E-state index is 16.3. The molecule has 4 aliphatic rings. The maximum Gasteiger partial charge on any atom is 0.508 e. The molecule has 4 aromatic heterocycles. The number of imidazole rings is 1. The molecule has 4 aliphatic heterocycles. The van der Waals surface area contributed by atoms with Crippen molar-refractivity contribution in [2.75, 3.05) is 31.7 Å². The van der Waals surface area contributed by atoms with E-state index in [1.54, 1.807) is 6.20 Å². The third-order valence-corrected chi connectivity index (χ3v) is 10.4. The van der Waals surface area contributed by atoms with Crippen molar-refractivity contribution in [3.05, 3.63) is 41.1 Å². The molecule has 4 N–H and O–H groups in total. The van der Waals surface area contributed by atoms with Crippen LogP contribution in [0.1, 0.15) is 24.4 Å². The predicted molar refractivity (Wildman–Crippen MR) is 165 cm³/mol. The third-order valence-electron chi connectivity index (χ3n) is 8.88. The Morgan fingerprint density at radius 3 is 2.71 bits per heavy atom. The zero-order chi connectivity index (χ0) is 34.0. The van der Waals surface area contributed by atoms with Crippen molar-refractivity contribution in [1.82, 2.24) is 33.6 Å². The Morgan fingerprint density at radius 2 is 1.88 bits per heavy atom. The highest BCUT2D eigenvalue weighted by atomic mass is 32.5. The summed E-state index contributed by atoms with van der Waals surface area (Å²) < 4.78 is 54.4. The van der Waals surface area contributed by atoms with Gasteiger partial charge in [-0.15, -0.1) is 0 Å². The number of aromatic nitrogens is 7. The number of nitrogens with one attached hydrogen (secondary N) is 1. The molecule has 0 radical (unpaired) electrons. The molecule has 4 aromatic rings. The molecule has 49 heavy (non-hydrogen) atoms. The number of aliphatic hydroxyl groups excluding tert-OH is 2. The Morgan fingerprint density at radius 1 is 1.04 bits per heavy atom. The van der Waals surface area contributed by atoms with Gasteiger partial charge < -0.3 is 48.5 Å². The van der Waals surface area contributed by atoms with Gasteiger partial charge in [0, 0.05) is 12.7 Å². The zero-order valence-corrected chi connectivity index (χ0v) is 27.1. The number of cyclic esters (lactones) is 1. The lowest BCUT2D eigenvalue weighted by atomic mass is 10.1. The fraction of sp³-hybridized carbons (Fsp3) is 0.556. The first-order valence-corrected chi connectivity index (χ1v) is 18.0. The largest absolute Gasteiger partial charge is 0.508 e. The van der Waals surface area contributed by atoms with Crippen molar-refractivity contribution in [3.8, 4) is 0 Å². The van der Waals surface area contributed by atoms with Crippen molar-refractivity contribution < 1.29 is 52.3 Å². The Bertz CT molecular complexity index is 2030. The lowest BCUT2D eigenvalue weighted by Crippen LogP contribution is -2.38. The van der Waals surface area contributed by atoms with Crippen LogP contribution in [0.2, 0.25) is 0 Å². The number of fused-ring (bicyclic) bond motifs is 4. The van der Waals surface area contributed by atoms with Crippen LogP contribution < -0.4 is 10.9 Å². The van der Waals surface area contributed by atoms with Crippen LogP contribution in [0.4, 0.5) is 15.0 Å². The number of rotatable bonds is 4. The quantitative estimate of drug-likeness (QED) is 0.161. The fourth-order valence-electron chi connectivity index (χ4n) is 6.60. The van der Waals surface area contributed by atoms with E-state index in [0.29, 0.717) is 24.4 Å². The lowest BCUT2D eigenvalue weighted by molar-refractivity contribution is -0.0838. The molecule has 8 heterocycles. The Hall–Kier alpha value is -3.66. The second-order valence-electron chi connectivity index (χ2n) is 11.8. The van der Waals surface area contributed by atoms with Crippen LogP contribution in [0.5, 0.6) is 0 Å². The topological polar surface area (TPSA) is 229 Å². The second-order valence-corrected chi connectivity index (χ2v) is 14.6. The number of carbonyl (C=O) groups excluding carboxylic acids is 1. The third kappa shape index (κ3) is 5.68. The predicted octanol–water partition coefficient (Wildman–Crippen LogP) is 0.0361. The van der Waals surface area contributed by atoms with E-state index in [2.05, 4.69) is 25.3 Å². The van der Waals surface area contributed by atoms with Gasteiger partial charge in [0.2, 0.25) is 0 Å². The maximum atomic E-state index is 16.3. The smallest absolute Gasteiger partial charge is 0.431 e. The van der Waals surface area contributed by atoms with E-state index in [1.165, 1.54) is 32.7 Å². The number of hydrogen-bond donors (Lipinski definition) is 4. The van der Waals surface area contributed by atoms with Crippen LogP contribution in [0.25, 0.3) is 22.2 Å². The zero-order valence-electron chi connectivity index (χ0n) is 25.3. The van der Waals surface area contributed by atoms with Crippen LogP contribution in [0.15, 0.2) is 30.0 Å². The fourth-order valence-corrected chi connectivity index (χ4v) is 8.03. The summed E-state index contributed by atoms with van der Waals surface area (Å²) in [6.45, 7) is -4.99. The normalized spacial score (nSPS) is 33.5. The monoisotopic (exact) mass is 724 g/mol. The number of nitrogens with zero attached hydrogens (tertiary/aromatic N) is 7. The van der Waals surface area contributed by atoms with Crippen LogP contribution >= 0.6 is 6.72 Å². The molecule has 0 saturated carbocycles. The van der Waals surface area contributed by atoms with E-state index in [1.807, 2.05) is 0 Å². The number of aryl methyl sites for hydroxylation is 1. The minimum absolute atomic E-state index is 0.00919. The number of halogens is 1. The van der Waals surface area contributed by atoms with Crippen molar-refractivity contribution in [2.45, 2.75) is 68.5 Å². The molecule has 22 heteroatoms. The highest BCUT2D eigenvalue weighted by Crippen LogP contribution is 2.51. The summed E-state index contributed by atoms with van der Waals surface area (Å²) in [7, 11) is 0. The van der Waals surface area contributed by atoms with Crippen molar-refractivity contribution in [1.29, 1.82) is 0 Å². The lowest BCUT2D eigenvalue weighted by Gasteiger charge is -2.25. The average molecular weight is 725 g/mol. The number of aliphatic hydroxyl groups is 2. The number of hydrogen-bond acceptors (Lipinski definition) is 16. The van der Waals surface area contributed by atoms with E-state index in [4.69, 9.17) is 39.8 Å². The van der Waals surface area contributed by atoms with E-state index in [0.717, 1.165) is 17.4 Å². The molecule has 9 atom stereocenters. The van der Waals surface area contributed by atoms with Gasteiger partial charge in [0.05, 0.1) is 31.5 Å². The molecular formula is C27H30FN8O11PS. The first-order valence-electron chi connectivity index (χ1n) is 15.4. The van der Waals surface area contributed by atoms with Gasteiger partial charge in [-0.05, 0) is 30.2 Å². The molecule has 0 amide bonds. The molecule has 0 spiro atoms. The van der Waals surface area contributed by atoms with Gasteiger partial charge in [-0.25, -0.2) is 29.1 Å². The van der Waals surface area contributed by atoms with Crippen molar-refractivity contribution >= 4 is 52.7 Å². The number of carbonyl (C=O) groups is 1. The Labute approximate surface area is 279 Å². The number of alkyl halides is 1. The van der Waals surface area contributed by atoms with Crippen LogP contribution in [-0.4, -0.2) is 118 Å². The van der Waals surface area contributed by atoms with Gasteiger partial charge in [0.1, 0.15) is 55.1 Å². The number of anilines is 1. The molecule has 262 valence electrons. The summed E-state index contributed by atoms with van der Waals surface area (Å²) in [5, 5.41) is 24.4. The summed E-state index contributed by atoms with van der Waals surface area (Å²) in [6, 6.07) is 0. The first-order chi connectivity index (χ1) is 23.6. The molecule has 2 bridgehead atoms. The molecule has 0 aromatic carbocycles. The molecule has 8 rings (SSSR count). The van der Waals surface area contributed by atoms with E-state index in [-0.39, 0.29) is 24.3 Å². The molecule has 19 nitrogen and oxygen atoms in total. The molecule has 1 unspecified atom stereocenters. The van der Waals surface area contributed by atoms with Gasteiger partial charge in [-0.2, -0.15) is 0 Å². The van der Waals surface area contributed by atoms with Crippen LogP contribution in [0, 0.1) is 0 Å². The second kappa shape index (κ2) is 12.6. The van der Waals surface area contributed by atoms with Crippen molar-refractivity contribution in [3.63, 3.8) is 0 Å². The van der Waals surface area contributed by atoms with Crippen LogP contribution in [-0.2, 0) is 52.8 Å². The van der Waals surface area contributed by atoms with E-state index < -0.39 is 80.8 Å². The minimum atomic E-state index is -4.24. The average Bonchev–Trinajstić information content (AvgIpc) is 3.78. The Kier molecular flexibility index (Phi) is 8.36. The van der Waals surface area contributed by atoms with Crippen LogP contribution in [0.3, 0.4) is 0 Å². The molecule has 0 aliphatic carbocycles. The molecular weight excluding hydrogens is 694 g/mol. The van der Waals surface area contributed by atoms with Gasteiger partial charge in [-0.1, -0.05) is 0 Å². The summed E-state index contributed by atoms with van der Waals surface area (Å²) in [6.07, 6.45) is -5.87. The van der Waals surface area contributed by atoms with Gasteiger partial charge in [0.15, 0.2) is 35.9 Å². The summed E-state index contributed by atoms with van der Waals surface area (Å²) in [5.74, 6) is 0.615. The van der Waals surface area contributed by atoms with E-state index in [9.17, 15) is 24.7 Å². The van der Waals surface area contributed by atoms with Gasteiger partial charge in [-0.3, -0.25) is 18.5 Å². The van der Waals surface area contributed by atoms with E-state index >= 15 is 4.39 Å². The Balaban J connectivity index is 1.08. The molecule has 3 saturated heterocycles. The van der Waals surface area contributed by atoms with Gasteiger partial charge in [0.25, 0.3) is 5.56 Å². The number of ether oxygens (including phenoxy) is 4. The summed E-state index contributed by atoms with van der Waals surface area (Å²) >= 11 is 5.24. The first kappa shape index (κ1) is 32.5. The molecule has 3 fully saturated rings. The SMILES string of the molecule is O=C1OC[C@H]2O[C@@H](n3cc4c5c(ncnc53)NCCC4)[C@H](F)[C@@H]2OP(O)(=S)OC[C@H]2O[C@@H](n3cnc4c(=O)n(CCO)cnc43)[C@H](O1)[C@@H]2O. The minimum Gasteiger partial charge on any atom is -0.431 e. The summed E-state index contributed by atoms with van der Waals surface area (Å²) in [5.41, 5.74) is 0.741.